The minimum absolute atomic E-state index is 0.183. The molecule has 1 fully saturated rings. The van der Waals surface area contributed by atoms with Crippen LogP contribution in [0.1, 0.15) is 31.2 Å². The number of carbonyl (C=O) groups excluding carboxylic acids is 1. The van der Waals surface area contributed by atoms with E-state index >= 15 is 0 Å². The third kappa shape index (κ3) is 4.17. The van der Waals surface area contributed by atoms with Crippen LogP contribution in [0.15, 0.2) is 18.2 Å². The zero-order chi connectivity index (χ0) is 15.4. The summed E-state index contributed by atoms with van der Waals surface area (Å²) in [4.78, 5) is 13.9. The average molecular weight is 294 g/mol. The molecule has 0 heterocycles. The Bertz CT molecular complexity index is 479. The van der Waals surface area contributed by atoms with Gasteiger partial charge in [0, 0.05) is 25.4 Å². The predicted octanol–water partition coefficient (Wildman–Crippen LogP) is 3.15. The van der Waals surface area contributed by atoms with Crippen LogP contribution in [-0.2, 0) is 0 Å². The molecule has 2 amide bonds. The molecule has 116 valence electrons. The summed E-state index contributed by atoms with van der Waals surface area (Å²) < 4.78 is 13.3. The molecule has 1 aromatic carbocycles. The van der Waals surface area contributed by atoms with Gasteiger partial charge in [-0.3, -0.25) is 0 Å². The summed E-state index contributed by atoms with van der Waals surface area (Å²) in [6, 6.07) is 4.46. The van der Waals surface area contributed by atoms with Gasteiger partial charge in [-0.15, -0.1) is 0 Å². The molecule has 2 rings (SSSR count). The van der Waals surface area contributed by atoms with Crippen molar-refractivity contribution in [2.24, 2.45) is 5.92 Å². The number of anilines is 1. The van der Waals surface area contributed by atoms with Crippen molar-refractivity contribution in [1.82, 2.24) is 4.90 Å². The van der Waals surface area contributed by atoms with E-state index in [1.54, 1.807) is 24.9 Å². The number of rotatable bonds is 3. The largest absolute Gasteiger partial charge is 0.396 e. The highest BCUT2D eigenvalue weighted by molar-refractivity contribution is 5.89. The maximum absolute atomic E-state index is 13.3. The lowest BCUT2D eigenvalue weighted by Gasteiger charge is -2.34. The molecule has 0 aromatic heterocycles. The van der Waals surface area contributed by atoms with E-state index in [2.05, 4.69) is 5.32 Å². The van der Waals surface area contributed by atoms with Gasteiger partial charge in [0.25, 0.3) is 0 Å². The van der Waals surface area contributed by atoms with Crippen molar-refractivity contribution in [2.75, 3.05) is 19.0 Å². The van der Waals surface area contributed by atoms with Gasteiger partial charge in [0.05, 0.1) is 0 Å². The number of halogens is 1. The van der Waals surface area contributed by atoms with Gasteiger partial charge in [0.1, 0.15) is 5.82 Å². The van der Waals surface area contributed by atoms with Crippen molar-refractivity contribution in [3.63, 3.8) is 0 Å². The molecular weight excluding hydrogens is 271 g/mol. The molecule has 0 spiro atoms. The summed E-state index contributed by atoms with van der Waals surface area (Å²) in [5, 5.41) is 11.9. The number of carbonyl (C=O) groups is 1. The van der Waals surface area contributed by atoms with Crippen molar-refractivity contribution in [3.8, 4) is 0 Å². The van der Waals surface area contributed by atoms with Gasteiger partial charge >= 0.3 is 6.03 Å². The third-order valence-corrected chi connectivity index (χ3v) is 4.24. The fourth-order valence-corrected chi connectivity index (χ4v) is 2.90. The number of aliphatic hydroxyl groups excluding tert-OH is 1. The molecule has 1 aliphatic rings. The molecule has 1 aromatic rings. The molecule has 5 heteroatoms. The maximum Gasteiger partial charge on any atom is 0.321 e. The Morgan fingerprint density at radius 2 is 2.00 bits per heavy atom. The van der Waals surface area contributed by atoms with Gasteiger partial charge in [-0.1, -0.05) is 0 Å². The Morgan fingerprint density at radius 1 is 1.33 bits per heavy atom. The number of nitrogens with zero attached hydrogens (tertiary/aromatic N) is 1. The van der Waals surface area contributed by atoms with Crippen molar-refractivity contribution >= 4 is 11.7 Å². The lowest BCUT2D eigenvalue weighted by atomic mass is 9.86. The molecule has 1 aliphatic carbocycles. The standard InChI is InChI=1S/C16H23FN2O2/c1-11-7-13(17)9-14(8-11)18-16(21)19(2)15-5-3-12(10-20)4-6-15/h7-9,12,15,20H,3-6,10H2,1-2H3,(H,18,21). The second-order valence-electron chi connectivity index (χ2n) is 5.92. The number of aliphatic hydroxyl groups is 1. The minimum atomic E-state index is -0.351. The minimum Gasteiger partial charge on any atom is -0.396 e. The monoisotopic (exact) mass is 294 g/mol. The Morgan fingerprint density at radius 3 is 2.57 bits per heavy atom. The van der Waals surface area contributed by atoms with E-state index in [-0.39, 0.29) is 24.5 Å². The topological polar surface area (TPSA) is 52.6 Å². The highest BCUT2D eigenvalue weighted by atomic mass is 19.1. The number of urea groups is 1. The Balaban J connectivity index is 1.93. The van der Waals surface area contributed by atoms with E-state index in [0.717, 1.165) is 31.2 Å². The van der Waals surface area contributed by atoms with Crippen LogP contribution in [0.25, 0.3) is 0 Å². The number of benzene rings is 1. The molecule has 0 aliphatic heterocycles. The van der Waals surface area contributed by atoms with Gasteiger partial charge in [0.2, 0.25) is 0 Å². The summed E-state index contributed by atoms with van der Waals surface area (Å²) in [5.41, 5.74) is 1.25. The van der Waals surface area contributed by atoms with Crippen LogP contribution in [0.3, 0.4) is 0 Å². The normalized spacial score (nSPS) is 21.9. The number of nitrogens with one attached hydrogen (secondary N) is 1. The van der Waals surface area contributed by atoms with Crippen molar-refractivity contribution in [3.05, 3.63) is 29.6 Å². The fourth-order valence-electron chi connectivity index (χ4n) is 2.90. The van der Waals surface area contributed by atoms with E-state index in [1.807, 2.05) is 0 Å². The summed E-state index contributed by atoms with van der Waals surface area (Å²) in [7, 11) is 1.77. The first-order valence-corrected chi connectivity index (χ1v) is 7.41. The zero-order valence-electron chi connectivity index (χ0n) is 12.6. The third-order valence-electron chi connectivity index (χ3n) is 4.24. The molecule has 4 nitrogen and oxygen atoms in total. The smallest absolute Gasteiger partial charge is 0.321 e. The molecular formula is C16H23FN2O2. The molecule has 1 saturated carbocycles. The SMILES string of the molecule is Cc1cc(F)cc(NC(=O)N(C)C2CCC(CO)CC2)c1. The number of amides is 2. The van der Waals surface area contributed by atoms with Crippen LogP contribution in [0, 0.1) is 18.7 Å². The predicted molar refractivity (Wildman–Crippen MR) is 80.8 cm³/mol. The van der Waals surface area contributed by atoms with Gasteiger partial charge in [-0.25, -0.2) is 9.18 Å². The highest BCUT2D eigenvalue weighted by Crippen LogP contribution is 2.27. The van der Waals surface area contributed by atoms with Crippen LogP contribution in [-0.4, -0.2) is 35.7 Å². The van der Waals surface area contributed by atoms with Crippen LogP contribution in [0.2, 0.25) is 0 Å². The average Bonchev–Trinajstić information content (AvgIpc) is 2.45. The first-order chi connectivity index (χ1) is 9.99. The second-order valence-corrected chi connectivity index (χ2v) is 5.92. The van der Waals surface area contributed by atoms with Crippen LogP contribution < -0.4 is 5.32 Å². The van der Waals surface area contributed by atoms with Gasteiger partial charge in [0.15, 0.2) is 0 Å². The molecule has 21 heavy (non-hydrogen) atoms. The van der Waals surface area contributed by atoms with Crippen LogP contribution in [0.4, 0.5) is 14.9 Å². The molecule has 0 bridgehead atoms. The summed E-state index contributed by atoms with van der Waals surface area (Å²) in [6.45, 7) is 2.02. The molecule has 0 saturated heterocycles. The van der Waals surface area contributed by atoms with E-state index in [0.29, 0.717) is 11.6 Å². The number of aryl methyl sites for hydroxylation is 1. The first-order valence-electron chi connectivity index (χ1n) is 7.41. The van der Waals surface area contributed by atoms with E-state index < -0.39 is 0 Å². The van der Waals surface area contributed by atoms with E-state index in [9.17, 15) is 9.18 Å². The van der Waals surface area contributed by atoms with Gasteiger partial charge in [-0.05, 0) is 62.3 Å². The highest BCUT2D eigenvalue weighted by Gasteiger charge is 2.26. The summed E-state index contributed by atoms with van der Waals surface area (Å²) >= 11 is 0. The van der Waals surface area contributed by atoms with Gasteiger partial charge < -0.3 is 15.3 Å². The second kappa shape index (κ2) is 6.89. The van der Waals surface area contributed by atoms with Gasteiger partial charge in [-0.2, -0.15) is 0 Å². The molecule has 2 N–H and O–H groups in total. The Kier molecular flexibility index (Phi) is 5.17. The summed E-state index contributed by atoms with van der Waals surface area (Å²) in [5.74, 6) is 0.0139. The molecule has 0 atom stereocenters. The number of hydrogen-bond acceptors (Lipinski definition) is 2. The first kappa shape index (κ1) is 15.8. The van der Waals surface area contributed by atoms with Crippen LogP contribution >= 0.6 is 0 Å². The lowest BCUT2D eigenvalue weighted by molar-refractivity contribution is 0.139. The van der Waals surface area contributed by atoms with E-state index in [4.69, 9.17) is 5.11 Å². The van der Waals surface area contributed by atoms with E-state index in [1.165, 1.54) is 12.1 Å². The van der Waals surface area contributed by atoms with Crippen molar-refractivity contribution in [1.29, 1.82) is 0 Å². The number of hydrogen-bond donors (Lipinski definition) is 2. The Hall–Kier alpha value is -1.62. The molecule has 0 radical (unpaired) electrons. The maximum atomic E-state index is 13.3. The summed E-state index contributed by atoms with van der Waals surface area (Å²) in [6.07, 6.45) is 3.68. The van der Waals surface area contributed by atoms with Crippen LogP contribution in [0.5, 0.6) is 0 Å². The fraction of sp³-hybridized carbons (Fsp3) is 0.562. The Labute approximate surface area is 125 Å². The van der Waals surface area contributed by atoms with Crippen molar-refractivity contribution < 1.29 is 14.3 Å². The van der Waals surface area contributed by atoms with Crippen molar-refractivity contribution in [2.45, 2.75) is 38.6 Å². The lowest BCUT2D eigenvalue weighted by Crippen LogP contribution is -2.42. The molecule has 0 unspecified atom stereocenters. The zero-order valence-corrected chi connectivity index (χ0v) is 12.6. The quantitative estimate of drug-likeness (QED) is 0.899.